The van der Waals surface area contributed by atoms with E-state index in [0.29, 0.717) is 16.5 Å². The molecule has 23 heavy (non-hydrogen) atoms. The Bertz CT molecular complexity index is 707. The van der Waals surface area contributed by atoms with Crippen LogP contribution >= 0.6 is 30.9 Å². The van der Waals surface area contributed by atoms with Crippen LogP contribution in [0.2, 0.25) is 5.02 Å². The highest BCUT2D eigenvalue weighted by Gasteiger charge is 2.29. The van der Waals surface area contributed by atoms with E-state index in [-0.39, 0.29) is 16.7 Å². The molecule has 1 unspecified atom stereocenters. The molecule has 2 aromatic carbocycles. The van der Waals surface area contributed by atoms with Gasteiger partial charge in [-0.3, -0.25) is 4.57 Å². The second-order valence-corrected chi connectivity index (χ2v) is 8.25. The zero-order valence-electron chi connectivity index (χ0n) is 11.8. The van der Waals surface area contributed by atoms with Crippen molar-refractivity contribution < 1.29 is 22.3 Å². The van der Waals surface area contributed by atoms with E-state index in [9.17, 15) is 17.7 Å². The molecule has 0 amide bonds. The summed E-state index contributed by atoms with van der Waals surface area (Å²) in [6.07, 6.45) is 0. The fourth-order valence-corrected chi connectivity index (χ4v) is 3.54. The highest BCUT2D eigenvalue weighted by atomic mass is 35.5. The summed E-state index contributed by atoms with van der Waals surface area (Å²) in [5, 5.41) is 3.20. The van der Waals surface area contributed by atoms with Crippen molar-refractivity contribution >= 4 is 36.6 Å². The van der Waals surface area contributed by atoms with Gasteiger partial charge in [-0.05, 0) is 60.3 Å². The molecule has 0 aromatic heterocycles. The molecule has 0 aliphatic rings. The first kappa shape index (κ1) is 18.0. The first-order valence-corrected chi connectivity index (χ1v) is 9.56. The Kier molecular flexibility index (Phi) is 5.55. The van der Waals surface area contributed by atoms with Gasteiger partial charge in [0, 0.05) is 22.3 Å². The van der Waals surface area contributed by atoms with Crippen molar-refractivity contribution in [2.24, 2.45) is 0 Å². The standard InChI is InChI=1S/C14H12ClF3NO2PS/c1-22(20,21-12-6-2-10(15)3-7-12)19-11-4-8-13(9-5-11)23-14(16,17)18/h2-9H,1H3,(H,19,20). The number of anilines is 1. The lowest BCUT2D eigenvalue weighted by molar-refractivity contribution is -0.0328. The quantitative estimate of drug-likeness (QED) is 0.489. The third kappa shape index (κ3) is 6.37. The van der Waals surface area contributed by atoms with Gasteiger partial charge in [0.15, 0.2) is 0 Å². The number of hydrogen-bond acceptors (Lipinski definition) is 3. The maximum Gasteiger partial charge on any atom is 0.446 e. The molecule has 0 heterocycles. The topological polar surface area (TPSA) is 38.3 Å². The zero-order chi connectivity index (χ0) is 17.1. The first-order valence-electron chi connectivity index (χ1n) is 6.30. The van der Waals surface area contributed by atoms with Crippen LogP contribution in [0.1, 0.15) is 0 Å². The molecule has 9 heteroatoms. The number of benzene rings is 2. The van der Waals surface area contributed by atoms with Gasteiger partial charge in [0.25, 0.3) is 0 Å². The minimum absolute atomic E-state index is 0.0487. The van der Waals surface area contributed by atoms with Crippen LogP contribution in [0.25, 0.3) is 0 Å². The summed E-state index contributed by atoms with van der Waals surface area (Å²) in [7, 11) is -3.23. The van der Waals surface area contributed by atoms with Gasteiger partial charge in [-0.15, -0.1) is 0 Å². The lowest BCUT2D eigenvalue weighted by Crippen LogP contribution is -2.02. The van der Waals surface area contributed by atoms with Gasteiger partial charge in [0.1, 0.15) is 5.75 Å². The molecule has 0 spiro atoms. The van der Waals surface area contributed by atoms with Gasteiger partial charge >= 0.3 is 13.0 Å². The molecule has 0 aliphatic heterocycles. The lowest BCUT2D eigenvalue weighted by atomic mass is 10.3. The third-order valence-electron chi connectivity index (χ3n) is 2.51. The Hall–Kier alpha value is -1.30. The van der Waals surface area contributed by atoms with Crippen LogP contribution in [0.4, 0.5) is 18.9 Å². The number of hydrogen-bond donors (Lipinski definition) is 1. The summed E-state index contributed by atoms with van der Waals surface area (Å²) in [5.74, 6) is 0.372. The minimum Gasteiger partial charge on any atom is -0.429 e. The van der Waals surface area contributed by atoms with E-state index in [1.807, 2.05) is 0 Å². The number of halogens is 4. The molecular formula is C14H12ClF3NO2PS. The van der Waals surface area contributed by atoms with Crippen LogP contribution in [0.15, 0.2) is 53.4 Å². The van der Waals surface area contributed by atoms with Crippen LogP contribution < -0.4 is 9.61 Å². The molecule has 0 bridgehead atoms. The predicted molar refractivity (Wildman–Crippen MR) is 87.6 cm³/mol. The smallest absolute Gasteiger partial charge is 0.429 e. The van der Waals surface area contributed by atoms with E-state index in [2.05, 4.69) is 5.09 Å². The molecule has 0 fully saturated rings. The van der Waals surface area contributed by atoms with Crippen LogP contribution in [0.3, 0.4) is 0 Å². The van der Waals surface area contributed by atoms with Crippen molar-refractivity contribution in [1.29, 1.82) is 0 Å². The van der Waals surface area contributed by atoms with Crippen molar-refractivity contribution in [2.75, 3.05) is 11.8 Å². The Morgan fingerprint density at radius 2 is 1.65 bits per heavy atom. The normalized spacial score (nSPS) is 14.1. The van der Waals surface area contributed by atoms with Gasteiger partial charge in [-0.1, -0.05) is 11.6 Å². The third-order valence-corrected chi connectivity index (χ3v) is 4.73. The van der Waals surface area contributed by atoms with E-state index >= 15 is 0 Å². The Labute approximate surface area is 140 Å². The molecular weight excluding hydrogens is 370 g/mol. The fraction of sp³-hybridized carbons (Fsp3) is 0.143. The Morgan fingerprint density at radius 1 is 1.09 bits per heavy atom. The summed E-state index contributed by atoms with van der Waals surface area (Å²) in [4.78, 5) is 0.0487. The molecule has 0 saturated carbocycles. The van der Waals surface area contributed by atoms with Gasteiger partial charge in [0.2, 0.25) is 0 Å². The minimum atomic E-state index is -4.34. The second kappa shape index (κ2) is 7.07. The highest BCUT2D eigenvalue weighted by Crippen LogP contribution is 2.44. The molecule has 1 N–H and O–H groups in total. The first-order chi connectivity index (χ1) is 10.6. The van der Waals surface area contributed by atoms with Crippen LogP contribution in [-0.2, 0) is 4.57 Å². The summed E-state index contributed by atoms with van der Waals surface area (Å²) >= 11 is 5.54. The van der Waals surface area contributed by atoms with Crippen LogP contribution in [-0.4, -0.2) is 12.2 Å². The molecule has 0 radical (unpaired) electrons. The average molecular weight is 382 g/mol. The van der Waals surface area contributed by atoms with Gasteiger partial charge in [-0.2, -0.15) is 13.2 Å². The van der Waals surface area contributed by atoms with E-state index in [1.165, 1.54) is 30.9 Å². The Morgan fingerprint density at radius 3 is 2.17 bits per heavy atom. The van der Waals surface area contributed by atoms with Crippen molar-refractivity contribution in [3.05, 3.63) is 53.6 Å². The zero-order valence-corrected chi connectivity index (χ0v) is 14.3. The average Bonchev–Trinajstić information content (AvgIpc) is 2.41. The second-order valence-electron chi connectivity index (χ2n) is 4.58. The summed E-state index contributed by atoms with van der Waals surface area (Å²) in [6.45, 7) is 1.37. The van der Waals surface area contributed by atoms with E-state index in [1.54, 1.807) is 24.3 Å². The highest BCUT2D eigenvalue weighted by molar-refractivity contribution is 8.00. The Balaban J connectivity index is 2.02. The molecule has 0 aliphatic carbocycles. The summed E-state index contributed by atoms with van der Waals surface area (Å²) in [6, 6.07) is 11.8. The van der Waals surface area contributed by atoms with Crippen molar-refractivity contribution in [2.45, 2.75) is 10.4 Å². The van der Waals surface area contributed by atoms with E-state index in [4.69, 9.17) is 16.1 Å². The largest absolute Gasteiger partial charge is 0.446 e. The fourth-order valence-electron chi connectivity index (χ4n) is 1.69. The predicted octanol–water partition coefficient (Wildman–Crippen LogP) is 6.27. The molecule has 1 atom stereocenters. The van der Waals surface area contributed by atoms with Gasteiger partial charge in [-0.25, -0.2) is 0 Å². The van der Waals surface area contributed by atoms with E-state index < -0.39 is 13.0 Å². The maximum atomic E-state index is 12.4. The van der Waals surface area contributed by atoms with Crippen molar-refractivity contribution in [3.63, 3.8) is 0 Å². The lowest BCUT2D eigenvalue weighted by Gasteiger charge is -2.17. The number of nitrogens with one attached hydrogen (secondary N) is 1. The summed E-state index contributed by atoms with van der Waals surface area (Å²) in [5.41, 5.74) is -3.94. The van der Waals surface area contributed by atoms with Crippen molar-refractivity contribution in [1.82, 2.24) is 0 Å². The summed E-state index contributed by atoms with van der Waals surface area (Å²) < 4.78 is 54.5. The van der Waals surface area contributed by atoms with Gasteiger partial charge < -0.3 is 9.61 Å². The van der Waals surface area contributed by atoms with Crippen molar-refractivity contribution in [3.8, 4) is 5.75 Å². The molecule has 0 saturated heterocycles. The maximum absolute atomic E-state index is 12.4. The van der Waals surface area contributed by atoms with Crippen LogP contribution in [0, 0.1) is 0 Å². The molecule has 2 aromatic rings. The van der Waals surface area contributed by atoms with E-state index in [0.717, 1.165) is 0 Å². The molecule has 3 nitrogen and oxygen atoms in total. The van der Waals surface area contributed by atoms with Gasteiger partial charge in [0.05, 0.1) is 0 Å². The number of alkyl halides is 3. The number of thioether (sulfide) groups is 1. The van der Waals surface area contributed by atoms with Crippen LogP contribution in [0.5, 0.6) is 5.75 Å². The molecule has 124 valence electrons. The SMILES string of the molecule is CP(=O)(Nc1ccc(SC(F)(F)F)cc1)Oc1ccc(Cl)cc1. The number of rotatable bonds is 5. The molecule has 2 rings (SSSR count). The monoisotopic (exact) mass is 381 g/mol.